The highest BCUT2D eigenvalue weighted by Crippen LogP contribution is 2.44. The van der Waals surface area contributed by atoms with E-state index in [1.54, 1.807) is 4.31 Å². The van der Waals surface area contributed by atoms with Gasteiger partial charge in [0.05, 0.1) is 18.7 Å². The van der Waals surface area contributed by atoms with Crippen LogP contribution in [0.4, 0.5) is 0 Å². The molecule has 0 radical (unpaired) electrons. The van der Waals surface area contributed by atoms with Crippen molar-refractivity contribution in [3.05, 3.63) is 66.4 Å². The fraction of sp³-hybridized carbons (Fsp3) is 0.400. The molecule has 2 aromatic carbocycles. The summed E-state index contributed by atoms with van der Waals surface area (Å²) >= 11 is -1.09. The SMILES string of the molecule is CN(C)S(=O)N1CCC(C2(c3ccc(-c4ccc5ncccc5c4)cc3)OCCO2)CC1. The van der Waals surface area contributed by atoms with Crippen LogP contribution >= 0.6 is 0 Å². The maximum absolute atomic E-state index is 12.4. The van der Waals surface area contributed by atoms with Crippen LogP contribution in [0.2, 0.25) is 0 Å². The third kappa shape index (κ3) is 4.00. The Labute approximate surface area is 191 Å². The molecule has 32 heavy (non-hydrogen) atoms. The fourth-order valence-electron chi connectivity index (χ4n) is 4.84. The molecule has 5 rings (SSSR count). The van der Waals surface area contributed by atoms with Crippen molar-refractivity contribution in [3.63, 3.8) is 0 Å². The van der Waals surface area contributed by atoms with Crippen molar-refractivity contribution in [1.29, 1.82) is 0 Å². The number of pyridine rings is 1. The highest BCUT2D eigenvalue weighted by Gasteiger charge is 2.47. The van der Waals surface area contributed by atoms with Gasteiger partial charge in [0.15, 0.2) is 17.0 Å². The molecule has 1 atom stereocenters. The van der Waals surface area contributed by atoms with Crippen LogP contribution in [0.3, 0.4) is 0 Å². The Kier molecular flexibility index (Phi) is 6.09. The quantitative estimate of drug-likeness (QED) is 0.589. The summed E-state index contributed by atoms with van der Waals surface area (Å²) in [5.41, 5.74) is 4.39. The van der Waals surface area contributed by atoms with Gasteiger partial charge >= 0.3 is 0 Å². The van der Waals surface area contributed by atoms with Crippen LogP contribution in [-0.2, 0) is 26.4 Å². The van der Waals surface area contributed by atoms with Gasteiger partial charge in [-0.1, -0.05) is 36.4 Å². The minimum Gasteiger partial charge on any atom is -0.343 e. The molecule has 0 N–H and O–H groups in total. The van der Waals surface area contributed by atoms with Crippen LogP contribution in [0.25, 0.3) is 22.0 Å². The molecule has 6 nitrogen and oxygen atoms in total. The molecule has 3 aromatic rings. The summed E-state index contributed by atoms with van der Waals surface area (Å²) in [5, 5.41) is 1.13. The van der Waals surface area contributed by atoms with Gasteiger partial charge in [0.25, 0.3) is 0 Å². The summed E-state index contributed by atoms with van der Waals surface area (Å²) in [5.74, 6) is -0.477. The van der Waals surface area contributed by atoms with E-state index in [0.29, 0.717) is 13.2 Å². The lowest BCUT2D eigenvalue weighted by Crippen LogP contribution is -2.46. The van der Waals surface area contributed by atoms with Gasteiger partial charge in [-0.3, -0.25) is 4.98 Å². The maximum Gasteiger partial charge on any atom is 0.197 e. The van der Waals surface area contributed by atoms with Crippen molar-refractivity contribution in [3.8, 4) is 11.1 Å². The number of rotatable bonds is 5. The van der Waals surface area contributed by atoms with Gasteiger partial charge in [0, 0.05) is 50.2 Å². The third-order valence-electron chi connectivity index (χ3n) is 6.46. The average molecular weight is 452 g/mol. The second-order valence-corrected chi connectivity index (χ2v) is 10.3. The summed E-state index contributed by atoms with van der Waals surface area (Å²) in [6, 6.07) is 19.0. The molecule has 0 amide bonds. The molecule has 3 heterocycles. The second-order valence-electron chi connectivity index (χ2n) is 8.60. The Bertz CT molecular complexity index is 1100. The van der Waals surface area contributed by atoms with Gasteiger partial charge in [-0.05, 0) is 42.2 Å². The van der Waals surface area contributed by atoms with Gasteiger partial charge in [0.1, 0.15) is 0 Å². The van der Waals surface area contributed by atoms with Gasteiger partial charge in [-0.2, -0.15) is 0 Å². The van der Waals surface area contributed by atoms with Crippen molar-refractivity contribution < 1.29 is 13.7 Å². The molecular formula is C25H29N3O3S. The predicted octanol–water partition coefficient (Wildman–Crippen LogP) is 3.95. The number of hydrogen-bond acceptors (Lipinski definition) is 4. The molecule has 7 heteroatoms. The molecule has 2 aliphatic heterocycles. The van der Waals surface area contributed by atoms with E-state index in [1.165, 1.54) is 5.56 Å². The van der Waals surface area contributed by atoms with Gasteiger partial charge < -0.3 is 9.47 Å². The van der Waals surface area contributed by atoms with Crippen LogP contribution in [0.5, 0.6) is 0 Å². The average Bonchev–Trinajstić information content (AvgIpc) is 3.35. The molecule has 2 aliphatic rings. The Morgan fingerprint density at radius 1 is 1.00 bits per heavy atom. The first-order valence-electron chi connectivity index (χ1n) is 11.1. The fourth-order valence-corrected chi connectivity index (χ4v) is 5.82. The van der Waals surface area contributed by atoms with Crippen molar-refractivity contribution >= 4 is 22.1 Å². The largest absolute Gasteiger partial charge is 0.343 e. The summed E-state index contributed by atoms with van der Waals surface area (Å²) in [6.07, 6.45) is 3.60. The summed E-state index contributed by atoms with van der Waals surface area (Å²) < 4.78 is 28.8. The molecule has 0 aliphatic carbocycles. The van der Waals surface area contributed by atoms with Crippen molar-refractivity contribution in [2.24, 2.45) is 5.92 Å². The molecular weight excluding hydrogens is 422 g/mol. The normalized spacial score (nSPS) is 20.7. The van der Waals surface area contributed by atoms with Crippen molar-refractivity contribution in [1.82, 2.24) is 13.6 Å². The Balaban J connectivity index is 1.38. The number of aromatic nitrogens is 1. The predicted molar refractivity (Wildman–Crippen MR) is 127 cm³/mol. The molecule has 0 saturated carbocycles. The lowest BCUT2D eigenvalue weighted by atomic mass is 9.84. The topological polar surface area (TPSA) is 54.9 Å². The van der Waals surface area contributed by atoms with Crippen LogP contribution in [0.1, 0.15) is 18.4 Å². The monoisotopic (exact) mass is 451 g/mol. The molecule has 1 aromatic heterocycles. The number of fused-ring (bicyclic) bond motifs is 1. The number of nitrogens with zero attached hydrogens (tertiary/aromatic N) is 3. The molecule has 1 unspecified atom stereocenters. The summed E-state index contributed by atoms with van der Waals surface area (Å²) in [7, 11) is 3.70. The molecule has 2 fully saturated rings. The number of benzene rings is 2. The number of ether oxygens (including phenoxy) is 2. The van der Waals surface area contributed by atoms with Gasteiger partial charge in [-0.15, -0.1) is 0 Å². The van der Waals surface area contributed by atoms with Gasteiger partial charge in [-0.25, -0.2) is 12.8 Å². The van der Waals surface area contributed by atoms with E-state index >= 15 is 0 Å². The van der Waals surface area contributed by atoms with Crippen molar-refractivity contribution in [2.75, 3.05) is 40.4 Å². The van der Waals surface area contributed by atoms with Crippen LogP contribution < -0.4 is 0 Å². The van der Waals surface area contributed by atoms with E-state index < -0.39 is 17.0 Å². The first-order valence-corrected chi connectivity index (χ1v) is 12.2. The summed E-state index contributed by atoms with van der Waals surface area (Å²) in [6.45, 7) is 2.74. The van der Waals surface area contributed by atoms with Gasteiger partial charge in [0.2, 0.25) is 0 Å². The standard InChI is InChI=1S/C25H29N3O3S/c1-27(2)32(29)28-14-11-23(12-15-28)25(30-16-17-31-25)22-8-5-19(6-9-22)20-7-10-24-21(18-20)4-3-13-26-24/h3-10,13,18,23H,11-12,14-17H2,1-2H3. The zero-order chi connectivity index (χ0) is 22.1. The Hall–Kier alpha value is -2.16. The number of hydrogen-bond donors (Lipinski definition) is 0. The zero-order valence-corrected chi connectivity index (χ0v) is 19.4. The van der Waals surface area contributed by atoms with E-state index in [4.69, 9.17) is 9.47 Å². The van der Waals surface area contributed by atoms with Crippen LogP contribution in [0, 0.1) is 5.92 Å². The second kappa shape index (κ2) is 9.00. The first kappa shape index (κ1) is 21.7. The smallest absolute Gasteiger partial charge is 0.197 e. The lowest BCUT2D eigenvalue weighted by molar-refractivity contribution is -0.212. The Morgan fingerprint density at radius 3 is 2.38 bits per heavy atom. The maximum atomic E-state index is 12.4. The highest BCUT2D eigenvalue weighted by atomic mass is 32.2. The molecule has 0 bridgehead atoms. The molecule has 0 spiro atoms. The summed E-state index contributed by atoms with van der Waals surface area (Å²) in [4.78, 5) is 4.41. The van der Waals surface area contributed by atoms with E-state index in [1.807, 2.05) is 30.7 Å². The van der Waals surface area contributed by atoms with E-state index in [-0.39, 0.29) is 5.92 Å². The van der Waals surface area contributed by atoms with E-state index in [2.05, 4.69) is 53.5 Å². The van der Waals surface area contributed by atoms with Crippen LogP contribution in [0.15, 0.2) is 60.8 Å². The van der Waals surface area contributed by atoms with E-state index in [9.17, 15) is 4.21 Å². The van der Waals surface area contributed by atoms with Crippen LogP contribution in [-0.4, -0.2) is 58.2 Å². The molecule has 2 saturated heterocycles. The lowest BCUT2D eigenvalue weighted by Gasteiger charge is -2.41. The first-order chi connectivity index (χ1) is 15.6. The van der Waals surface area contributed by atoms with Crippen molar-refractivity contribution in [2.45, 2.75) is 18.6 Å². The zero-order valence-electron chi connectivity index (χ0n) is 18.6. The van der Waals surface area contributed by atoms with E-state index in [0.717, 1.165) is 48.0 Å². The highest BCUT2D eigenvalue weighted by molar-refractivity contribution is 7.80. The number of piperidine rings is 1. The Morgan fingerprint density at radius 2 is 1.69 bits per heavy atom. The third-order valence-corrected chi connectivity index (χ3v) is 7.90. The minimum atomic E-state index is -1.09. The molecule has 168 valence electrons. The minimum absolute atomic E-state index is 0.234.